The number of benzene rings is 1. The number of pyridine rings is 1. The molecule has 2 aromatic rings. The van der Waals surface area contributed by atoms with Gasteiger partial charge in [-0.05, 0) is 31.0 Å². The Bertz CT molecular complexity index is 616. The molecule has 0 fully saturated rings. The largest absolute Gasteiger partial charge is 0.383 e. The van der Waals surface area contributed by atoms with Gasteiger partial charge >= 0.3 is 0 Å². The van der Waals surface area contributed by atoms with Gasteiger partial charge in [-0.25, -0.2) is 0 Å². The van der Waals surface area contributed by atoms with Crippen LogP contribution in [-0.4, -0.2) is 29.7 Å². The Morgan fingerprint density at radius 3 is 2.95 bits per heavy atom. The van der Waals surface area contributed by atoms with Crippen LogP contribution in [0.4, 0.5) is 11.4 Å². The van der Waals surface area contributed by atoms with Crippen LogP contribution in [-0.2, 0) is 4.74 Å². The number of fused-ring (bicyclic) bond motifs is 1. The van der Waals surface area contributed by atoms with Gasteiger partial charge in [-0.2, -0.15) is 0 Å². The molecule has 21 heavy (non-hydrogen) atoms. The van der Waals surface area contributed by atoms with Gasteiger partial charge in [0.25, 0.3) is 5.69 Å². The molecule has 0 atom stereocenters. The van der Waals surface area contributed by atoms with Crippen molar-refractivity contribution in [2.24, 2.45) is 0 Å². The second-order valence-corrected chi connectivity index (χ2v) is 4.68. The summed E-state index contributed by atoms with van der Waals surface area (Å²) in [7, 11) is 0. The molecule has 0 bridgehead atoms. The van der Waals surface area contributed by atoms with Gasteiger partial charge in [0.15, 0.2) is 0 Å². The average Bonchev–Trinajstić information content (AvgIpc) is 2.50. The van der Waals surface area contributed by atoms with Crippen LogP contribution in [0.1, 0.15) is 19.8 Å². The summed E-state index contributed by atoms with van der Waals surface area (Å²) in [4.78, 5) is 14.9. The monoisotopic (exact) mass is 289 g/mol. The standard InChI is InChI=1S/C15H19N3O3/c1-2-10-21-11-4-9-16-13-6-7-14(18(19)20)12-5-3-8-17-15(12)13/h3,5-8,16H,2,4,9-11H2,1H3. The van der Waals surface area contributed by atoms with Gasteiger partial charge in [0.1, 0.15) is 5.52 Å². The van der Waals surface area contributed by atoms with Gasteiger partial charge in [-0.15, -0.1) is 0 Å². The fourth-order valence-electron chi connectivity index (χ4n) is 2.10. The van der Waals surface area contributed by atoms with E-state index in [0.29, 0.717) is 17.5 Å². The van der Waals surface area contributed by atoms with E-state index in [2.05, 4.69) is 17.2 Å². The third-order valence-electron chi connectivity index (χ3n) is 3.07. The average molecular weight is 289 g/mol. The lowest BCUT2D eigenvalue weighted by atomic mass is 10.1. The summed E-state index contributed by atoms with van der Waals surface area (Å²) in [5, 5.41) is 14.8. The maximum absolute atomic E-state index is 11.0. The van der Waals surface area contributed by atoms with E-state index in [0.717, 1.165) is 31.7 Å². The quantitative estimate of drug-likeness (QED) is 0.458. The second kappa shape index (κ2) is 7.54. The van der Waals surface area contributed by atoms with Crippen molar-refractivity contribution < 1.29 is 9.66 Å². The molecule has 0 spiro atoms. The van der Waals surface area contributed by atoms with Crippen molar-refractivity contribution in [3.63, 3.8) is 0 Å². The number of ether oxygens (including phenoxy) is 1. The highest BCUT2D eigenvalue weighted by molar-refractivity contribution is 5.96. The summed E-state index contributed by atoms with van der Waals surface area (Å²) in [6.07, 6.45) is 3.54. The van der Waals surface area contributed by atoms with Crippen LogP contribution in [0.2, 0.25) is 0 Å². The Kier molecular flexibility index (Phi) is 5.45. The van der Waals surface area contributed by atoms with Crippen LogP contribution in [0.25, 0.3) is 10.9 Å². The number of nitro benzene ring substituents is 1. The van der Waals surface area contributed by atoms with E-state index in [1.807, 2.05) is 0 Å². The Morgan fingerprint density at radius 2 is 2.19 bits per heavy atom. The summed E-state index contributed by atoms with van der Waals surface area (Å²) >= 11 is 0. The first-order valence-electron chi connectivity index (χ1n) is 7.07. The second-order valence-electron chi connectivity index (χ2n) is 4.68. The minimum atomic E-state index is -0.383. The van der Waals surface area contributed by atoms with Crippen LogP contribution in [0.3, 0.4) is 0 Å². The summed E-state index contributed by atoms with van der Waals surface area (Å²) in [5.74, 6) is 0. The molecule has 6 nitrogen and oxygen atoms in total. The Morgan fingerprint density at radius 1 is 1.33 bits per heavy atom. The van der Waals surface area contributed by atoms with Crippen LogP contribution >= 0.6 is 0 Å². The summed E-state index contributed by atoms with van der Waals surface area (Å²) in [6.45, 7) is 4.31. The normalized spacial score (nSPS) is 10.7. The van der Waals surface area contributed by atoms with Crippen molar-refractivity contribution in [1.29, 1.82) is 0 Å². The molecular formula is C15H19N3O3. The summed E-state index contributed by atoms with van der Waals surface area (Å²) in [5.41, 5.74) is 1.52. The maximum atomic E-state index is 11.0. The van der Waals surface area contributed by atoms with Gasteiger partial charge in [0, 0.05) is 32.0 Å². The number of non-ortho nitro benzene ring substituents is 1. The SMILES string of the molecule is CCCOCCCNc1ccc([N+](=O)[O-])c2cccnc12. The third kappa shape index (κ3) is 3.88. The molecule has 0 unspecified atom stereocenters. The molecule has 0 saturated carbocycles. The van der Waals surface area contributed by atoms with Crippen molar-refractivity contribution in [3.8, 4) is 0 Å². The first kappa shape index (κ1) is 15.2. The number of anilines is 1. The van der Waals surface area contributed by atoms with E-state index < -0.39 is 0 Å². The predicted octanol–water partition coefficient (Wildman–Crippen LogP) is 3.37. The molecule has 0 aliphatic rings. The molecule has 0 radical (unpaired) electrons. The molecule has 0 amide bonds. The minimum Gasteiger partial charge on any atom is -0.383 e. The zero-order valence-corrected chi connectivity index (χ0v) is 12.0. The molecule has 1 aromatic carbocycles. The highest BCUT2D eigenvalue weighted by Crippen LogP contribution is 2.29. The molecule has 6 heteroatoms. The highest BCUT2D eigenvalue weighted by Gasteiger charge is 2.14. The van der Waals surface area contributed by atoms with Crippen molar-refractivity contribution in [3.05, 3.63) is 40.6 Å². The fraction of sp³-hybridized carbons (Fsp3) is 0.400. The number of nitro groups is 1. The zero-order chi connectivity index (χ0) is 15.1. The fourth-order valence-corrected chi connectivity index (χ4v) is 2.10. The molecular weight excluding hydrogens is 270 g/mol. The molecule has 2 rings (SSSR count). The highest BCUT2D eigenvalue weighted by atomic mass is 16.6. The van der Waals surface area contributed by atoms with Gasteiger partial charge < -0.3 is 10.1 Å². The van der Waals surface area contributed by atoms with Gasteiger partial charge in [-0.3, -0.25) is 15.1 Å². The van der Waals surface area contributed by atoms with Gasteiger partial charge in [0.05, 0.1) is 16.0 Å². The Hall–Kier alpha value is -2.21. The van der Waals surface area contributed by atoms with Crippen molar-refractivity contribution >= 4 is 22.3 Å². The van der Waals surface area contributed by atoms with Gasteiger partial charge in [0.2, 0.25) is 0 Å². The lowest BCUT2D eigenvalue weighted by Crippen LogP contribution is -2.07. The number of nitrogens with one attached hydrogen (secondary N) is 1. The summed E-state index contributed by atoms with van der Waals surface area (Å²) in [6, 6.07) is 6.65. The molecule has 1 heterocycles. The van der Waals surface area contributed by atoms with E-state index in [4.69, 9.17) is 4.74 Å². The van der Waals surface area contributed by atoms with Crippen molar-refractivity contribution in [2.75, 3.05) is 25.1 Å². The Balaban J connectivity index is 2.07. The van der Waals surface area contributed by atoms with E-state index in [9.17, 15) is 10.1 Å². The van der Waals surface area contributed by atoms with Crippen molar-refractivity contribution in [1.82, 2.24) is 4.98 Å². The number of nitrogens with zero attached hydrogens (tertiary/aromatic N) is 2. The van der Waals surface area contributed by atoms with Crippen LogP contribution in [0.15, 0.2) is 30.5 Å². The van der Waals surface area contributed by atoms with Crippen LogP contribution in [0.5, 0.6) is 0 Å². The van der Waals surface area contributed by atoms with E-state index in [1.165, 1.54) is 6.07 Å². The van der Waals surface area contributed by atoms with Crippen molar-refractivity contribution in [2.45, 2.75) is 19.8 Å². The topological polar surface area (TPSA) is 77.3 Å². The smallest absolute Gasteiger partial charge is 0.278 e. The third-order valence-corrected chi connectivity index (χ3v) is 3.07. The zero-order valence-electron chi connectivity index (χ0n) is 12.0. The first-order valence-corrected chi connectivity index (χ1v) is 7.07. The molecule has 1 aromatic heterocycles. The molecule has 0 aliphatic heterocycles. The number of hydrogen-bond donors (Lipinski definition) is 1. The molecule has 112 valence electrons. The number of rotatable bonds is 8. The first-order chi connectivity index (χ1) is 10.2. The van der Waals surface area contributed by atoms with E-state index >= 15 is 0 Å². The lowest BCUT2D eigenvalue weighted by Gasteiger charge is -2.09. The summed E-state index contributed by atoms with van der Waals surface area (Å²) < 4.78 is 5.41. The molecule has 0 saturated heterocycles. The van der Waals surface area contributed by atoms with Crippen LogP contribution < -0.4 is 5.32 Å². The van der Waals surface area contributed by atoms with E-state index in [1.54, 1.807) is 24.4 Å². The van der Waals surface area contributed by atoms with Gasteiger partial charge in [-0.1, -0.05) is 6.92 Å². The Labute approximate surface area is 123 Å². The maximum Gasteiger partial charge on any atom is 0.278 e. The lowest BCUT2D eigenvalue weighted by molar-refractivity contribution is -0.383. The molecule has 0 aliphatic carbocycles. The van der Waals surface area contributed by atoms with E-state index in [-0.39, 0.29) is 10.6 Å². The minimum absolute atomic E-state index is 0.0786. The van der Waals surface area contributed by atoms with Crippen LogP contribution in [0, 0.1) is 10.1 Å². The number of aromatic nitrogens is 1. The number of hydrogen-bond acceptors (Lipinski definition) is 5. The predicted molar refractivity (Wildman–Crippen MR) is 82.6 cm³/mol. The molecule has 1 N–H and O–H groups in total.